The van der Waals surface area contributed by atoms with E-state index < -0.39 is 5.54 Å². The molecule has 2 fully saturated rings. The molecular formula is C25H25FN4O2. The van der Waals surface area contributed by atoms with Crippen LogP contribution in [0, 0.1) is 5.82 Å². The van der Waals surface area contributed by atoms with Crippen LogP contribution in [0.25, 0.3) is 10.9 Å². The number of nitrogens with zero attached hydrogens (tertiary/aromatic N) is 1. The Morgan fingerprint density at radius 1 is 1.16 bits per heavy atom. The first-order valence-corrected chi connectivity index (χ1v) is 11.2. The molecule has 0 unspecified atom stereocenters. The van der Waals surface area contributed by atoms with Gasteiger partial charge in [0.15, 0.2) is 0 Å². The van der Waals surface area contributed by atoms with Gasteiger partial charge in [-0.05, 0) is 42.2 Å². The number of rotatable bonds is 4. The SMILES string of the molecule is O=C(N[C@@H]1CNC[C@H]1c1cc2c(cc1F)OCC2)NC1(c2ccc3ccccc3n2)CC1. The molecule has 1 saturated carbocycles. The van der Waals surface area contributed by atoms with E-state index >= 15 is 0 Å². The van der Waals surface area contributed by atoms with Gasteiger partial charge in [0.25, 0.3) is 0 Å². The van der Waals surface area contributed by atoms with E-state index in [1.54, 1.807) is 0 Å². The van der Waals surface area contributed by atoms with Gasteiger partial charge in [-0.1, -0.05) is 24.3 Å². The predicted molar refractivity (Wildman–Crippen MR) is 119 cm³/mol. The second kappa shape index (κ2) is 7.45. The quantitative estimate of drug-likeness (QED) is 0.591. The Balaban J connectivity index is 1.18. The molecule has 3 heterocycles. The minimum atomic E-state index is -0.425. The Bertz CT molecular complexity index is 1210. The Morgan fingerprint density at radius 3 is 2.91 bits per heavy atom. The van der Waals surface area contributed by atoms with Gasteiger partial charge in [-0.3, -0.25) is 4.98 Å². The summed E-state index contributed by atoms with van der Waals surface area (Å²) in [5.74, 6) is 0.240. The zero-order chi connectivity index (χ0) is 21.7. The first-order valence-electron chi connectivity index (χ1n) is 11.2. The number of amides is 2. The fourth-order valence-corrected chi connectivity index (χ4v) is 4.99. The number of hydrogen-bond donors (Lipinski definition) is 3. The van der Waals surface area contributed by atoms with Gasteiger partial charge in [0.1, 0.15) is 11.6 Å². The number of halogens is 1. The van der Waals surface area contributed by atoms with Crippen LogP contribution in [0.3, 0.4) is 0 Å². The number of para-hydroxylation sites is 1. The minimum Gasteiger partial charge on any atom is -0.493 e. The Morgan fingerprint density at radius 2 is 2.03 bits per heavy atom. The lowest BCUT2D eigenvalue weighted by molar-refractivity contribution is 0.231. The lowest BCUT2D eigenvalue weighted by Gasteiger charge is -2.24. The third kappa shape index (κ3) is 3.37. The number of fused-ring (bicyclic) bond motifs is 2. The van der Waals surface area contributed by atoms with E-state index in [4.69, 9.17) is 9.72 Å². The molecule has 1 saturated heterocycles. The summed E-state index contributed by atoms with van der Waals surface area (Å²) in [5, 5.41) is 10.6. The van der Waals surface area contributed by atoms with Crippen molar-refractivity contribution in [2.24, 2.45) is 0 Å². The van der Waals surface area contributed by atoms with E-state index in [2.05, 4.69) is 22.0 Å². The number of nitrogens with one attached hydrogen (secondary N) is 3. The smallest absolute Gasteiger partial charge is 0.315 e. The van der Waals surface area contributed by atoms with Crippen LogP contribution in [0.4, 0.5) is 9.18 Å². The molecule has 32 heavy (non-hydrogen) atoms. The molecule has 3 aliphatic rings. The lowest BCUT2D eigenvalue weighted by Crippen LogP contribution is -2.48. The largest absolute Gasteiger partial charge is 0.493 e. The van der Waals surface area contributed by atoms with Crippen molar-refractivity contribution in [2.75, 3.05) is 19.7 Å². The Kier molecular flexibility index (Phi) is 4.54. The first-order chi connectivity index (χ1) is 15.6. The summed E-state index contributed by atoms with van der Waals surface area (Å²) in [4.78, 5) is 17.7. The molecule has 2 atom stereocenters. The molecule has 2 aromatic carbocycles. The maximum atomic E-state index is 14.8. The number of carbonyl (C=O) groups excluding carboxylic acids is 1. The second-order valence-corrected chi connectivity index (χ2v) is 9.02. The number of urea groups is 1. The van der Waals surface area contributed by atoms with Crippen LogP contribution in [0.1, 0.15) is 35.6 Å². The fraction of sp³-hybridized carbons (Fsp3) is 0.360. The highest BCUT2D eigenvalue weighted by Gasteiger charge is 2.47. The summed E-state index contributed by atoms with van der Waals surface area (Å²) in [7, 11) is 0. The monoisotopic (exact) mass is 432 g/mol. The number of pyridine rings is 1. The molecule has 6 nitrogen and oxygen atoms in total. The molecule has 2 amide bonds. The van der Waals surface area contributed by atoms with Gasteiger partial charge in [0, 0.05) is 36.9 Å². The van der Waals surface area contributed by atoms with Gasteiger partial charge in [0.2, 0.25) is 0 Å². The molecule has 6 rings (SSSR count). The molecule has 164 valence electrons. The van der Waals surface area contributed by atoms with Crippen LogP contribution >= 0.6 is 0 Å². The van der Waals surface area contributed by atoms with Crippen molar-refractivity contribution in [1.82, 2.24) is 20.9 Å². The zero-order valence-electron chi connectivity index (χ0n) is 17.7. The molecule has 3 N–H and O–H groups in total. The fourth-order valence-electron chi connectivity index (χ4n) is 4.99. The predicted octanol–water partition coefficient (Wildman–Crippen LogP) is 3.35. The molecule has 0 radical (unpaired) electrons. The van der Waals surface area contributed by atoms with Crippen molar-refractivity contribution in [3.63, 3.8) is 0 Å². The van der Waals surface area contributed by atoms with E-state index in [0.717, 1.165) is 41.4 Å². The molecule has 7 heteroatoms. The summed E-state index contributed by atoms with van der Waals surface area (Å²) in [5.41, 5.74) is 3.07. The van der Waals surface area contributed by atoms with Gasteiger partial charge in [-0.25, -0.2) is 9.18 Å². The Labute approximate surface area is 185 Å². The molecule has 1 aromatic heterocycles. The summed E-state index contributed by atoms with van der Waals surface area (Å²) in [6.45, 7) is 1.82. The summed E-state index contributed by atoms with van der Waals surface area (Å²) >= 11 is 0. The highest BCUT2D eigenvalue weighted by molar-refractivity contribution is 5.79. The number of carbonyl (C=O) groups is 1. The highest BCUT2D eigenvalue weighted by Crippen LogP contribution is 2.45. The van der Waals surface area contributed by atoms with Crippen molar-refractivity contribution < 1.29 is 13.9 Å². The molecular weight excluding hydrogens is 407 g/mol. The Hall–Kier alpha value is -3.19. The van der Waals surface area contributed by atoms with Crippen LogP contribution in [-0.4, -0.2) is 36.8 Å². The maximum Gasteiger partial charge on any atom is 0.315 e. The summed E-state index contributed by atoms with van der Waals surface area (Å²) in [6, 6.07) is 15.0. The highest BCUT2D eigenvalue weighted by atomic mass is 19.1. The van der Waals surface area contributed by atoms with Crippen LogP contribution in [0.5, 0.6) is 5.75 Å². The molecule has 2 aliphatic heterocycles. The number of ether oxygens (including phenoxy) is 1. The third-order valence-electron chi connectivity index (χ3n) is 6.93. The molecule has 0 spiro atoms. The van der Waals surface area contributed by atoms with Crippen molar-refractivity contribution >= 4 is 16.9 Å². The summed E-state index contributed by atoms with van der Waals surface area (Å²) < 4.78 is 20.3. The van der Waals surface area contributed by atoms with Crippen molar-refractivity contribution in [2.45, 2.75) is 36.8 Å². The lowest BCUT2D eigenvalue weighted by atomic mass is 9.92. The van der Waals surface area contributed by atoms with Gasteiger partial charge in [-0.15, -0.1) is 0 Å². The average Bonchev–Trinajstić information content (AvgIpc) is 3.20. The van der Waals surface area contributed by atoms with Crippen molar-refractivity contribution in [3.8, 4) is 5.75 Å². The van der Waals surface area contributed by atoms with E-state index in [1.807, 2.05) is 36.4 Å². The number of hydrogen-bond acceptors (Lipinski definition) is 4. The molecule has 3 aromatic rings. The topological polar surface area (TPSA) is 75.3 Å². The van der Waals surface area contributed by atoms with E-state index in [1.165, 1.54) is 6.07 Å². The average molecular weight is 432 g/mol. The summed E-state index contributed by atoms with van der Waals surface area (Å²) in [6.07, 6.45) is 2.51. The van der Waals surface area contributed by atoms with Crippen molar-refractivity contribution in [3.05, 3.63) is 71.2 Å². The van der Waals surface area contributed by atoms with Crippen molar-refractivity contribution in [1.29, 1.82) is 0 Å². The number of benzene rings is 2. The van der Waals surface area contributed by atoms with Crippen LogP contribution in [0.15, 0.2) is 48.5 Å². The standard InChI is InChI=1S/C25H25FN4O2/c26-19-12-22-16(7-10-32-22)11-17(19)18-13-27-14-21(18)29-24(31)30-25(8-9-25)23-6-5-15-3-1-2-4-20(15)28-23/h1-6,11-12,18,21,27H,7-10,13-14H2,(H2,29,30,31)/t18-,21+/m0/s1. The normalized spacial score (nSPS) is 22.9. The van der Waals surface area contributed by atoms with E-state index in [9.17, 15) is 9.18 Å². The molecule has 0 bridgehead atoms. The first kappa shape index (κ1) is 19.5. The maximum absolute atomic E-state index is 14.8. The zero-order valence-corrected chi connectivity index (χ0v) is 17.7. The van der Waals surface area contributed by atoms with E-state index in [0.29, 0.717) is 31.0 Å². The van der Waals surface area contributed by atoms with E-state index in [-0.39, 0.29) is 23.8 Å². The van der Waals surface area contributed by atoms with Gasteiger partial charge in [-0.2, -0.15) is 0 Å². The third-order valence-corrected chi connectivity index (χ3v) is 6.93. The van der Waals surface area contributed by atoms with Gasteiger partial charge < -0.3 is 20.7 Å². The van der Waals surface area contributed by atoms with Crippen LogP contribution in [0.2, 0.25) is 0 Å². The van der Waals surface area contributed by atoms with Crippen LogP contribution < -0.4 is 20.7 Å². The molecule has 1 aliphatic carbocycles. The van der Waals surface area contributed by atoms with Crippen LogP contribution in [-0.2, 0) is 12.0 Å². The van der Waals surface area contributed by atoms with Gasteiger partial charge >= 0.3 is 6.03 Å². The van der Waals surface area contributed by atoms with Gasteiger partial charge in [0.05, 0.1) is 29.4 Å². The number of aromatic nitrogens is 1. The second-order valence-electron chi connectivity index (χ2n) is 9.02. The minimum absolute atomic E-state index is 0.124.